The lowest BCUT2D eigenvalue weighted by atomic mass is 10.2. The number of hydrogen-bond donors (Lipinski definition) is 0. The van der Waals surface area contributed by atoms with Gasteiger partial charge < -0.3 is 14.5 Å². The maximum atomic E-state index is 11.7. The molecule has 0 N–H and O–H groups in total. The lowest BCUT2D eigenvalue weighted by molar-refractivity contribution is -0.152. The van der Waals surface area contributed by atoms with E-state index in [1.807, 2.05) is 6.92 Å². The Bertz CT molecular complexity index is 329. The number of carbonyl (C=O) groups is 3. The minimum atomic E-state index is -0.464. The zero-order valence-electron chi connectivity index (χ0n) is 10.4. The highest BCUT2D eigenvalue weighted by atomic mass is 16.5. The van der Waals surface area contributed by atoms with Gasteiger partial charge in [-0.2, -0.15) is 0 Å². The molecule has 0 aliphatic carbocycles. The second kappa shape index (κ2) is 5.65. The Hall–Kier alpha value is -1.59. The van der Waals surface area contributed by atoms with Gasteiger partial charge >= 0.3 is 5.97 Å². The summed E-state index contributed by atoms with van der Waals surface area (Å²) in [6.45, 7) is 5.97. The molecule has 1 fully saturated rings. The van der Waals surface area contributed by atoms with Crippen LogP contribution in [0.4, 0.5) is 0 Å². The second-order valence-electron chi connectivity index (χ2n) is 4.18. The van der Waals surface area contributed by atoms with E-state index in [0.29, 0.717) is 19.6 Å². The molecule has 2 amide bonds. The van der Waals surface area contributed by atoms with Crippen molar-refractivity contribution in [3.8, 4) is 0 Å². The van der Waals surface area contributed by atoms with Crippen LogP contribution in [0, 0.1) is 0 Å². The molecule has 6 nitrogen and oxygen atoms in total. The van der Waals surface area contributed by atoms with Crippen LogP contribution in [0.3, 0.4) is 0 Å². The summed E-state index contributed by atoms with van der Waals surface area (Å²) in [4.78, 5) is 36.9. The Balaban J connectivity index is 2.46. The van der Waals surface area contributed by atoms with Crippen molar-refractivity contribution in [1.82, 2.24) is 9.80 Å². The molecular formula is C11H18N2O4. The van der Waals surface area contributed by atoms with Gasteiger partial charge in [-0.3, -0.25) is 14.4 Å². The number of hydrogen-bond acceptors (Lipinski definition) is 4. The third-order valence-electron chi connectivity index (χ3n) is 2.78. The number of carbonyl (C=O) groups excluding carboxylic acids is 3. The van der Waals surface area contributed by atoms with E-state index in [-0.39, 0.29) is 24.5 Å². The molecule has 1 atom stereocenters. The molecule has 0 aromatic carbocycles. The zero-order valence-corrected chi connectivity index (χ0v) is 10.4. The lowest BCUT2D eigenvalue weighted by Gasteiger charge is -2.39. The highest BCUT2D eigenvalue weighted by Crippen LogP contribution is 2.09. The molecule has 1 rings (SSSR count). The van der Waals surface area contributed by atoms with Crippen molar-refractivity contribution in [2.45, 2.75) is 26.8 Å². The summed E-state index contributed by atoms with van der Waals surface area (Å²) in [5.41, 5.74) is 0. The number of nitrogens with zero attached hydrogens (tertiary/aromatic N) is 2. The monoisotopic (exact) mass is 242 g/mol. The summed E-state index contributed by atoms with van der Waals surface area (Å²) in [5.74, 6) is -0.659. The van der Waals surface area contributed by atoms with Crippen molar-refractivity contribution in [3.05, 3.63) is 0 Å². The summed E-state index contributed by atoms with van der Waals surface area (Å²) in [6.07, 6.45) is 0. The normalized spacial score (nSPS) is 20.1. The molecule has 0 radical (unpaired) electrons. The average Bonchev–Trinajstić information content (AvgIpc) is 2.25. The molecule has 1 heterocycles. The fourth-order valence-corrected chi connectivity index (χ4v) is 1.91. The van der Waals surface area contributed by atoms with Crippen LogP contribution < -0.4 is 0 Å². The van der Waals surface area contributed by atoms with Crippen LogP contribution in [-0.2, 0) is 19.1 Å². The van der Waals surface area contributed by atoms with E-state index in [4.69, 9.17) is 0 Å². The number of rotatable bonds is 2. The molecule has 0 spiro atoms. The third kappa shape index (κ3) is 3.72. The maximum Gasteiger partial charge on any atom is 0.303 e. The number of piperazine rings is 1. The van der Waals surface area contributed by atoms with Gasteiger partial charge in [0.2, 0.25) is 5.91 Å². The molecule has 0 bridgehead atoms. The first-order valence-corrected chi connectivity index (χ1v) is 5.60. The Morgan fingerprint density at radius 1 is 1.24 bits per heavy atom. The van der Waals surface area contributed by atoms with Crippen molar-refractivity contribution in [3.63, 3.8) is 0 Å². The fraction of sp³-hybridized carbons (Fsp3) is 0.727. The van der Waals surface area contributed by atoms with Gasteiger partial charge in [0, 0.05) is 39.5 Å². The van der Waals surface area contributed by atoms with Crippen molar-refractivity contribution in [2.24, 2.45) is 0 Å². The standard InChI is InChI=1S/C11H18N2O4/c1-8-6-12(4-5-13(8)9(2)14)11(16)7-17-10(3)15/h8H,4-7H2,1-3H3/t8-/m0/s1. The van der Waals surface area contributed by atoms with Crippen LogP contribution in [0.25, 0.3) is 0 Å². The summed E-state index contributed by atoms with van der Waals surface area (Å²) >= 11 is 0. The summed E-state index contributed by atoms with van der Waals surface area (Å²) in [7, 11) is 0. The van der Waals surface area contributed by atoms with Gasteiger partial charge in [-0.15, -0.1) is 0 Å². The smallest absolute Gasteiger partial charge is 0.303 e. The second-order valence-corrected chi connectivity index (χ2v) is 4.18. The zero-order chi connectivity index (χ0) is 13.0. The summed E-state index contributed by atoms with van der Waals surface area (Å²) < 4.78 is 4.66. The molecule has 0 saturated carbocycles. The van der Waals surface area contributed by atoms with E-state index in [0.717, 1.165) is 0 Å². The predicted octanol–water partition coefficient (Wildman–Crippen LogP) is -0.371. The van der Waals surface area contributed by atoms with Crippen molar-refractivity contribution in [1.29, 1.82) is 0 Å². The van der Waals surface area contributed by atoms with E-state index in [2.05, 4.69) is 4.74 Å². The molecule has 1 aliphatic heterocycles. The van der Waals surface area contributed by atoms with Crippen molar-refractivity contribution in [2.75, 3.05) is 26.2 Å². The molecule has 0 unspecified atom stereocenters. The van der Waals surface area contributed by atoms with Gasteiger partial charge in [0.15, 0.2) is 6.61 Å². The van der Waals surface area contributed by atoms with Gasteiger partial charge in [-0.1, -0.05) is 0 Å². The Kier molecular flexibility index (Phi) is 4.48. The highest BCUT2D eigenvalue weighted by Gasteiger charge is 2.28. The van der Waals surface area contributed by atoms with Crippen LogP contribution >= 0.6 is 0 Å². The minimum absolute atomic E-state index is 0.00234. The number of ether oxygens (including phenoxy) is 1. The first kappa shape index (κ1) is 13.5. The quantitative estimate of drug-likeness (QED) is 0.620. The minimum Gasteiger partial charge on any atom is -0.456 e. The molecule has 0 aromatic heterocycles. The molecule has 1 saturated heterocycles. The maximum absolute atomic E-state index is 11.7. The molecule has 17 heavy (non-hydrogen) atoms. The van der Waals surface area contributed by atoms with Crippen molar-refractivity contribution >= 4 is 17.8 Å². The Labute approximate surface area is 101 Å². The predicted molar refractivity (Wildman–Crippen MR) is 60.1 cm³/mol. The van der Waals surface area contributed by atoms with Gasteiger partial charge in [-0.25, -0.2) is 0 Å². The average molecular weight is 242 g/mol. The van der Waals surface area contributed by atoms with Gasteiger partial charge in [0.05, 0.1) is 0 Å². The van der Waals surface area contributed by atoms with Crippen LogP contribution in [0.2, 0.25) is 0 Å². The van der Waals surface area contributed by atoms with E-state index in [1.54, 1.807) is 9.80 Å². The van der Waals surface area contributed by atoms with E-state index in [9.17, 15) is 14.4 Å². The van der Waals surface area contributed by atoms with Gasteiger partial charge in [0.1, 0.15) is 0 Å². The molecular weight excluding hydrogens is 224 g/mol. The van der Waals surface area contributed by atoms with Crippen LogP contribution in [0.5, 0.6) is 0 Å². The number of amides is 2. The highest BCUT2D eigenvalue weighted by molar-refractivity contribution is 5.80. The topological polar surface area (TPSA) is 66.9 Å². The third-order valence-corrected chi connectivity index (χ3v) is 2.78. The van der Waals surface area contributed by atoms with E-state index >= 15 is 0 Å². The molecule has 0 aromatic rings. The first-order chi connectivity index (χ1) is 7.91. The molecule has 6 heteroatoms. The fourth-order valence-electron chi connectivity index (χ4n) is 1.91. The van der Waals surface area contributed by atoms with Gasteiger partial charge in [-0.05, 0) is 6.92 Å². The lowest BCUT2D eigenvalue weighted by Crippen LogP contribution is -2.55. The Morgan fingerprint density at radius 3 is 2.35 bits per heavy atom. The van der Waals surface area contributed by atoms with Gasteiger partial charge in [0.25, 0.3) is 5.91 Å². The SMILES string of the molecule is CC(=O)OCC(=O)N1CCN(C(C)=O)[C@@H](C)C1. The number of esters is 1. The molecule has 96 valence electrons. The van der Waals surface area contributed by atoms with E-state index < -0.39 is 5.97 Å². The first-order valence-electron chi connectivity index (χ1n) is 5.60. The van der Waals surface area contributed by atoms with Crippen molar-refractivity contribution < 1.29 is 19.1 Å². The van der Waals surface area contributed by atoms with Crippen LogP contribution in [0.15, 0.2) is 0 Å². The summed E-state index contributed by atoms with van der Waals surface area (Å²) in [6, 6.07) is 0.00234. The summed E-state index contributed by atoms with van der Waals surface area (Å²) in [5, 5.41) is 0. The Morgan fingerprint density at radius 2 is 1.88 bits per heavy atom. The van der Waals surface area contributed by atoms with Crippen LogP contribution in [-0.4, -0.2) is 59.9 Å². The largest absolute Gasteiger partial charge is 0.456 e. The van der Waals surface area contributed by atoms with E-state index in [1.165, 1.54) is 13.8 Å². The molecule has 1 aliphatic rings. The van der Waals surface area contributed by atoms with Crippen LogP contribution in [0.1, 0.15) is 20.8 Å².